The fourth-order valence-corrected chi connectivity index (χ4v) is 4.07. The van der Waals surface area contributed by atoms with E-state index in [0.717, 1.165) is 44.7 Å². The number of amides is 2. The minimum atomic E-state index is -0.0391. The Hall–Kier alpha value is -1.95. The number of nitrogens with zero attached hydrogens (tertiary/aromatic N) is 3. The number of carbonyl (C=O) groups is 2. The fourth-order valence-electron chi connectivity index (χ4n) is 4.07. The van der Waals surface area contributed by atoms with E-state index in [1.807, 2.05) is 17.9 Å². The van der Waals surface area contributed by atoms with Crippen LogP contribution in [0.15, 0.2) is 18.5 Å². The summed E-state index contributed by atoms with van der Waals surface area (Å²) in [5, 5.41) is 3.23. The minimum absolute atomic E-state index is 0.0391. The van der Waals surface area contributed by atoms with Gasteiger partial charge in [0.2, 0.25) is 5.91 Å². The van der Waals surface area contributed by atoms with Crippen LogP contribution >= 0.6 is 0 Å². The molecule has 2 fully saturated rings. The number of rotatable bonds is 6. The first-order valence-electron chi connectivity index (χ1n) is 9.67. The molecule has 6 nitrogen and oxygen atoms in total. The van der Waals surface area contributed by atoms with E-state index < -0.39 is 0 Å². The van der Waals surface area contributed by atoms with E-state index in [9.17, 15) is 9.59 Å². The Morgan fingerprint density at radius 3 is 2.81 bits per heavy atom. The van der Waals surface area contributed by atoms with Crippen molar-refractivity contribution in [3.63, 3.8) is 0 Å². The highest BCUT2D eigenvalue weighted by Gasteiger charge is 2.36. The Bertz CT molecular complexity index is 661. The molecule has 0 aliphatic carbocycles. The first-order valence-corrected chi connectivity index (χ1v) is 9.67. The summed E-state index contributed by atoms with van der Waals surface area (Å²) in [4.78, 5) is 32.9. The quantitative estimate of drug-likeness (QED) is 0.841. The Balaban J connectivity index is 1.59. The van der Waals surface area contributed by atoms with Crippen molar-refractivity contribution in [2.45, 2.75) is 39.7 Å². The van der Waals surface area contributed by atoms with Gasteiger partial charge in [0, 0.05) is 57.6 Å². The maximum absolute atomic E-state index is 12.7. The van der Waals surface area contributed by atoms with Crippen LogP contribution in [-0.2, 0) is 4.79 Å². The highest BCUT2D eigenvalue weighted by Crippen LogP contribution is 2.25. The largest absolute Gasteiger partial charge is 0.348 e. The van der Waals surface area contributed by atoms with Crippen LogP contribution in [0.25, 0.3) is 0 Å². The van der Waals surface area contributed by atoms with E-state index in [1.54, 1.807) is 12.4 Å². The summed E-state index contributed by atoms with van der Waals surface area (Å²) in [6.45, 7) is 10.7. The molecule has 2 aliphatic heterocycles. The molecular weight excluding hydrogens is 328 g/mol. The molecule has 2 atom stereocenters. The van der Waals surface area contributed by atoms with Crippen LogP contribution < -0.4 is 5.32 Å². The van der Waals surface area contributed by atoms with Gasteiger partial charge in [0.25, 0.3) is 5.91 Å². The van der Waals surface area contributed by atoms with Crippen molar-refractivity contribution in [1.82, 2.24) is 20.1 Å². The Labute approximate surface area is 156 Å². The van der Waals surface area contributed by atoms with Crippen molar-refractivity contribution in [2.75, 3.05) is 32.7 Å². The smallest absolute Gasteiger partial charge is 0.253 e. The molecule has 1 N–H and O–H groups in total. The molecular formula is C20H30N4O2. The van der Waals surface area contributed by atoms with E-state index in [2.05, 4.69) is 29.0 Å². The highest BCUT2D eigenvalue weighted by molar-refractivity contribution is 5.95. The molecule has 0 radical (unpaired) electrons. The average Bonchev–Trinajstić information content (AvgIpc) is 3.19. The van der Waals surface area contributed by atoms with Gasteiger partial charge >= 0.3 is 0 Å². The van der Waals surface area contributed by atoms with E-state index >= 15 is 0 Å². The highest BCUT2D eigenvalue weighted by atomic mass is 16.2. The molecule has 2 aliphatic rings. The topological polar surface area (TPSA) is 65.5 Å². The van der Waals surface area contributed by atoms with Crippen LogP contribution in [0.3, 0.4) is 0 Å². The van der Waals surface area contributed by atoms with Gasteiger partial charge in [-0.2, -0.15) is 0 Å². The lowest BCUT2D eigenvalue weighted by atomic mass is 9.91. The van der Waals surface area contributed by atoms with Gasteiger partial charge in [0.05, 0.1) is 5.56 Å². The van der Waals surface area contributed by atoms with Gasteiger partial charge in [0.15, 0.2) is 0 Å². The van der Waals surface area contributed by atoms with Crippen molar-refractivity contribution in [3.05, 3.63) is 29.6 Å². The van der Waals surface area contributed by atoms with Crippen LogP contribution in [0.1, 0.15) is 42.6 Å². The lowest BCUT2D eigenvalue weighted by molar-refractivity contribution is -0.127. The van der Waals surface area contributed by atoms with Crippen LogP contribution in [0.2, 0.25) is 0 Å². The monoisotopic (exact) mass is 358 g/mol. The number of aryl methyl sites for hydroxylation is 1. The molecule has 0 bridgehead atoms. The number of hydrogen-bond donors (Lipinski definition) is 1. The second kappa shape index (κ2) is 8.16. The van der Waals surface area contributed by atoms with Crippen molar-refractivity contribution in [2.24, 2.45) is 11.8 Å². The van der Waals surface area contributed by atoms with Crippen LogP contribution in [0, 0.1) is 18.8 Å². The summed E-state index contributed by atoms with van der Waals surface area (Å²) < 4.78 is 0. The molecule has 2 amide bonds. The van der Waals surface area contributed by atoms with Gasteiger partial charge < -0.3 is 10.2 Å². The van der Waals surface area contributed by atoms with Crippen LogP contribution in [0.5, 0.6) is 0 Å². The number of nitrogens with one attached hydrogen (secondary N) is 1. The first-order chi connectivity index (χ1) is 12.5. The number of carbonyl (C=O) groups excluding carboxylic acids is 2. The summed E-state index contributed by atoms with van der Waals surface area (Å²) in [6, 6.07) is 2.00. The zero-order chi connectivity index (χ0) is 18.7. The van der Waals surface area contributed by atoms with Crippen molar-refractivity contribution < 1.29 is 9.59 Å². The van der Waals surface area contributed by atoms with Crippen LogP contribution in [-0.4, -0.2) is 65.4 Å². The van der Waals surface area contributed by atoms with Gasteiger partial charge in [-0.1, -0.05) is 13.8 Å². The molecule has 6 heteroatoms. The maximum atomic E-state index is 12.7. The zero-order valence-corrected chi connectivity index (χ0v) is 16.1. The Morgan fingerprint density at radius 1 is 1.35 bits per heavy atom. The number of pyridine rings is 1. The first kappa shape index (κ1) is 18.8. The Kier molecular flexibility index (Phi) is 5.91. The van der Waals surface area contributed by atoms with E-state index in [0.29, 0.717) is 23.8 Å². The minimum Gasteiger partial charge on any atom is -0.348 e. The summed E-state index contributed by atoms with van der Waals surface area (Å²) in [7, 11) is 0. The molecule has 3 rings (SSSR count). The second-order valence-electron chi connectivity index (χ2n) is 7.92. The average molecular weight is 358 g/mol. The molecule has 3 heterocycles. The predicted molar refractivity (Wildman–Crippen MR) is 101 cm³/mol. The lowest BCUT2D eigenvalue weighted by Gasteiger charge is -2.23. The zero-order valence-electron chi connectivity index (χ0n) is 16.1. The Morgan fingerprint density at radius 2 is 2.15 bits per heavy atom. The predicted octanol–water partition coefficient (Wildman–Crippen LogP) is 1.70. The molecule has 0 unspecified atom stereocenters. The van der Waals surface area contributed by atoms with E-state index in [1.165, 1.54) is 0 Å². The molecule has 142 valence electrons. The normalized spacial score (nSPS) is 23.8. The molecule has 1 aromatic rings. The lowest BCUT2D eigenvalue weighted by Crippen LogP contribution is -2.42. The molecule has 26 heavy (non-hydrogen) atoms. The third kappa shape index (κ3) is 4.23. The van der Waals surface area contributed by atoms with Gasteiger partial charge in [0.1, 0.15) is 0 Å². The fraction of sp³-hybridized carbons (Fsp3) is 0.650. The third-order valence-corrected chi connectivity index (χ3v) is 5.75. The standard InChI is InChI=1S/C20H30N4O2/c1-14(2)17-12-23(9-10-24-8-4-5-19(24)25)13-18(17)22-20(26)16-11-21-7-6-15(16)3/h6-7,11,14,17-18H,4-5,8-10,12-13H2,1-3H3,(H,22,26)/t17-,18+/m0/s1. The molecule has 1 aromatic heterocycles. The van der Waals surface area contributed by atoms with Crippen molar-refractivity contribution >= 4 is 11.8 Å². The second-order valence-corrected chi connectivity index (χ2v) is 7.92. The number of aromatic nitrogens is 1. The molecule has 0 aromatic carbocycles. The van der Waals surface area contributed by atoms with Crippen molar-refractivity contribution in [1.29, 1.82) is 0 Å². The summed E-state index contributed by atoms with van der Waals surface area (Å²) in [5.41, 5.74) is 1.59. The van der Waals surface area contributed by atoms with E-state index in [4.69, 9.17) is 0 Å². The van der Waals surface area contributed by atoms with Gasteiger partial charge in [-0.05, 0) is 36.8 Å². The maximum Gasteiger partial charge on any atom is 0.253 e. The van der Waals surface area contributed by atoms with Gasteiger partial charge in [-0.3, -0.25) is 19.5 Å². The number of likely N-dealkylation sites (tertiary alicyclic amines) is 2. The SMILES string of the molecule is Cc1ccncc1C(=O)N[C@@H]1CN(CCN2CCCC2=O)C[C@H]1C(C)C. The van der Waals surface area contributed by atoms with Gasteiger partial charge in [-0.15, -0.1) is 0 Å². The summed E-state index contributed by atoms with van der Waals surface area (Å²) in [6.07, 6.45) is 5.02. The van der Waals surface area contributed by atoms with E-state index in [-0.39, 0.29) is 17.9 Å². The molecule has 0 spiro atoms. The number of hydrogen-bond acceptors (Lipinski definition) is 4. The molecule has 2 saturated heterocycles. The third-order valence-electron chi connectivity index (χ3n) is 5.75. The summed E-state index contributed by atoms with van der Waals surface area (Å²) >= 11 is 0. The van der Waals surface area contributed by atoms with Crippen molar-refractivity contribution in [3.8, 4) is 0 Å². The van der Waals surface area contributed by atoms with Crippen LogP contribution in [0.4, 0.5) is 0 Å². The molecule has 0 saturated carbocycles. The van der Waals surface area contributed by atoms with Gasteiger partial charge in [-0.25, -0.2) is 0 Å². The summed E-state index contributed by atoms with van der Waals surface area (Å²) in [5.74, 6) is 1.16.